The van der Waals surface area contributed by atoms with Crippen LogP contribution < -0.4 is 10.1 Å². The molecular weight excluding hydrogens is 316 g/mol. The minimum absolute atomic E-state index is 0.686. The van der Waals surface area contributed by atoms with Gasteiger partial charge in [0.05, 0.1) is 11.1 Å². The van der Waals surface area contributed by atoms with Crippen LogP contribution in [0.2, 0.25) is 0 Å². The standard InChI is InChI=1S/C16H25BrN2O/c1-18-12-13-6-7-16(15(17)11-13)20-10-8-14-5-3-4-9-19(14)2/h6-7,11,14,18H,3-5,8-10,12H2,1-2H3. The van der Waals surface area contributed by atoms with Crippen molar-refractivity contribution >= 4 is 15.9 Å². The van der Waals surface area contributed by atoms with Gasteiger partial charge in [0.15, 0.2) is 0 Å². The molecule has 0 aromatic heterocycles. The van der Waals surface area contributed by atoms with E-state index in [0.29, 0.717) is 6.04 Å². The van der Waals surface area contributed by atoms with Crippen LogP contribution >= 0.6 is 15.9 Å². The largest absolute Gasteiger partial charge is 0.492 e. The van der Waals surface area contributed by atoms with Crippen molar-refractivity contribution in [2.45, 2.75) is 38.3 Å². The van der Waals surface area contributed by atoms with Crippen molar-refractivity contribution in [2.75, 3.05) is 27.2 Å². The Bertz CT molecular complexity index is 425. The summed E-state index contributed by atoms with van der Waals surface area (Å²) in [6.07, 6.45) is 5.12. The summed E-state index contributed by atoms with van der Waals surface area (Å²) >= 11 is 3.59. The fourth-order valence-corrected chi connectivity index (χ4v) is 3.33. The highest BCUT2D eigenvalue weighted by atomic mass is 79.9. The van der Waals surface area contributed by atoms with Gasteiger partial charge in [-0.15, -0.1) is 0 Å². The molecule has 0 bridgehead atoms. The number of benzene rings is 1. The van der Waals surface area contributed by atoms with Crippen LogP contribution in [0.1, 0.15) is 31.2 Å². The fraction of sp³-hybridized carbons (Fsp3) is 0.625. The van der Waals surface area contributed by atoms with E-state index >= 15 is 0 Å². The summed E-state index contributed by atoms with van der Waals surface area (Å²) in [5.74, 6) is 0.948. The number of hydrogen-bond donors (Lipinski definition) is 1. The van der Waals surface area contributed by atoms with E-state index in [9.17, 15) is 0 Å². The van der Waals surface area contributed by atoms with Gasteiger partial charge in [-0.3, -0.25) is 0 Å². The molecule has 0 saturated carbocycles. The fourth-order valence-electron chi connectivity index (χ4n) is 2.79. The van der Waals surface area contributed by atoms with Gasteiger partial charge < -0.3 is 15.0 Å². The number of hydrogen-bond acceptors (Lipinski definition) is 3. The van der Waals surface area contributed by atoms with Gasteiger partial charge in [-0.25, -0.2) is 0 Å². The third kappa shape index (κ3) is 4.47. The lowest BCUT2D eigenvalue weighted by Gasteiger charge is -2.32. The first-order chi connectivity index (χ1) is 9.70. The number of rotatable bonds is 6. The zero-order valence-corrected chi connectivity index (χ0v) is 14.1. The van der Waals surface area contributed by atoms with Gasteiger partial charge in [-0.2, -0.15) is 0 Å². The van der Waals surface area contributed by atoms with Crippen molar-refractivity contribution in [1.29, 1.82) is 0 Å². The van der Waals surface area contributed by atoms with Gasteiger partial charge >= 0.3 is 0 Å². The van der Waals surface area contributed by atoms with Crippen LogP contribution in [0, 0.1) is 0 Å². The maximum atomic E-state index is 5.93. The zero-order valence-electron chi connectivity index (χ0n) is 12.5. The van der Waals surface area contributed by atoms with E-state index in [-0.39, 0.29) is 0 Å². The van der Waals surface area contributed by atoms with E-state index in [1.54, 1.807) is 0 Å². The highest BCUT2D eigenvalue weighted by molar-refractivity contribution is 9.10. The van der Waals surface area contributed by atoms with Crippen LogP contribution in [-0.4, -0.2) is 38.2 Å². The summed E-state index contributed by atoms with van der Waals surface area (Å²) in [6.45, 7) is 2.90. The maximum absolute atomic E-state index is 5.93. The number of nitrogens with one attached hydrogen (secondary N) is 1. The minimum Gasteiger partial charge on any atom is -0.492 e. The summed E-state index contributed by atoms with van der Waals surface area (Å²) in [6, 6.07) is 6.98. The Morgan fingerprint density at radius 1 is 1.40 bits per heavy atom. The topological polar surface area (TPSA) is 24.5 Å². The molecule has 2 rings (SSSR count). The van der Waals surface area contributed by atoms with E-state index in [2.05, 4.69) is 51.4 Å². The highest BCUT2D eigenvalue weighted by Crippen LogP contribution is 2.26. The van der Waals surface area contributed by atoms with Crippen molar-refractivity contribution in [3.63, 3.8) is 0 Å². The lowest BCUT2D eigenvalue weighted by Crippen LogP contribution is -2.37. The second kappa shape index (κ2) is 8.01. The highest BCUT2D eigenvalue weighted by Gasteiger charge is 2.18. The molecule has 1 N–H and O–H groups in total. The zero-order chi connectivity index (χ0) is 14.4. The summed E-state index contributed by atoms with van der Waals surface area (Å²) in [7, 11) is 4.19. The molecular formula is C16H25BrN2O. The molecule has 4 heteroatoms. The molecule has 112 valence electrons. The second-order valence-corrected chi connectivity index (χ2v) is 6.42. The van der Waals surface area contributed by atoms with Gasteiger partial charge in [-0.05, 0) is 73.5 Å². The van der Waals surface area contributed by atoms with Crippen LogP contribution in [0.5, 0.6) is 5.75 Å². The van der Waals surface area contributed by atoms with Crippen LogP contribution in [-0.2, 0) is 6.54 Å². The number of ether oxygens (including phenoxy) is 1. The smallest absolute Gasteiger partial charge is 0.133 e. The summed E-state index contributed by atoms with van der Waals surface area (Å²) < 4.78 is 6.97. The molecule has 1 aromatic carbocycles. The van der Waals surface area contributed by atoms with Gasteiger partial charge in [0, 0.05) is 12.6 Å². The Kier molecular flexibility index (Phi) is 6.33. The van der Waals surface area contributed by atoms with Gasteiger partial charge in [0.2, 0.25) is 0 Å². The quantitative estimate of drug-likeness (QED) is 0.858. The first-order valence-corrected chi connectivity index (χ1v) is 8.26. The lowest BCUT2D eigenvalue weighted by molar-refractivity contribution is 0.153. The lowest BCUT2D eigenvalue weighted by atomic mass is 10.0. The molecule has 1 aromatic rings. The van der Waals surface area contributed by atoms with Crippen LogP contribution in [0.3, 0.4) is 0 Å². The molecule has 0 aliphatic carbocycles. The number of likely N-dealkylation sites (tertiary alicyclic amines) is 1. The van der Waals surface area contributed by atoms with Crippen molar-refractivity contribution in [2.24, 2.45) is 0 Å². The molecule has 1 aliphatic rings. The third-order valence-electron chi connectivity index (χ3n) is 4.01. The Balaban J connectivity index is 1.81. The van der Waals surface area contributed by atoms with Crippen molar-refractivity contribution < 1.29 is 4.74 Å². The molecule has 0 amide bonds. The number of piperidine rings is 1. The van der Waals surface area contributed by atoms with Gasteiger partial charge in [0.1, 0.15) is 5.75 Å². The number of nitrogens with zero attached hydrogens (tertiary/aromatic N) is 1. The molecule has 1 fully saturated rings. The van der Waals surface area contributed by atoms with E-state index in [1.165, 1.54) is 31.4 Å². The minimum atomic E-state index is 0.686. The first-order valence-electron chi connectivity index (χ1n) is 7.47. The molecule has 1 heterocycles. The third-order valence-corrected chi connectivity index (χ3v) is 4.63. The number of halogens is 1. The van der Waals surface area contributed by atoms with Crippen molar-refractivity contribution in [3.8, 4) is 5.75 Å². The van der Waals surface area contributed by atoms with Crippen LogP contribution in [0.4, 0.5) is 0 Å². The Labute approximate surface area is 130 Å². The van der Waals surface area contributed by atoms with Crippen molar-refractivity contribution in [3.05, 3.63) is 28.2 Å². The van der Waals surface area contributed by atoms with E-state index < -0.39 is 0 Å². The van der Waals surface area contributed by atoms with Gasteiger partial charge in [0.25, 0.3) is 0 Å². The summed E-state index contributed by atoms with van der Waals surface area (Å²) in [5, 5.41) is 3.15. The molecule has 1 saturated heterocycles. The van der Waals surface area contributed by atoms with E-state index in [1.807, 2.05) is 7.05 Å². The Morgan fingerprint density at radius 2 is 2.25 bits per heavy atom. The summed E-state index contributed by atoms with van der Waals surface area (Å²) in [4.78, 5) is 2.47. The SMILES string of the molecule is CNCc1ccc(OCCC2CCCCN2C)c(Br)c1. The second-order valence-electron chi connectivity index (χ2n) is 5.56. The molecule has 1 unspecified atom stereocenters. The van der Waals surface area contributed by atoms with Crippen LogP contribution in [0.25, 0.3) is 0 Å². The maximum Gasteiger partial charge on any atom is 0.133 e. The first kappa shape index (κ1) is 15.8. The molecule has 1 atom stereocenters. The van der Waals surface area contributed by atoms with Crippen LogP contribution in [0.15, 0.2) is 22.7 Å². The predicted molar refractivity (Wildman–Crippen MR) is 87.3 cm³/mol. The average Bonchev–Trinajstić information content (AvgIpc) is 2.43. The average molecular weight is 341 g/mol. The Morgan fingerprint density at radius 3 is 2.95 bits per heavy atom. The monoisotopic (exact) mass is 340 g/mol. The summed E-state index contributed by atoms with van der Waals surface area (Å²) in [5.41, 5.74) is 1.26. The Hall–Kier alpha value is -0.580. The molecule has 20 heavy (non-hydrogen) atoms. The van der Waals surface area contributed by atoms with E-state index in [0.717, 1.165) is 29.8 Å². The molecule has 1 aliphatic heterocycles. The van der Waals surface area contributed by atoms with Crippen molar-refractivity contribution in [1.82, 2.24) is 10.2 Å². The normalized spacial score (nSPS) is 20.1. The van der Waals surface area contributed by atoms with E-state index in [4.69, 9.17) is 4.74 Å². The molecule has 3 nitrogen and oxygen atoms in total. The molecule has 0 spiro atoms. The predicted octanol–water partition coefficient (Wildman–Crippen LogP) is 3.42. The van der Waals surface area contributed by atoms with Gasteiger partial charge in [-0.1, -0.05) is 12.5 Å². The molecule has 0 radical (unpaired) electrons.